The molecule has 2 aliphatic rings. The molecule has 2 aliphatic heterocycles. The Morgan fingerprint density at radius 2 is 2.07 bits per heavy atom. The van der Waals surface area contributed by atoms with Gasteiger partial charge in [0.15, 0.2) is 0 Å². The summed E-state index contributed by atoms with van der Waals surface area (Å²) in [6.45, 7) is 1.19. The van der Waals surface area contributed by atoms with Crippen LogP contribution in [-0.4, -0.2) is 46.6 Å². The number of likely N-dealkylation sites (tertiary alicyclic amines) is 1. The van der Waals surface area contributed by atoms with Gasteiger partial charge in [-0.1, -0.05) is 34.1 Å². The average Bonchev–Trinajstić information content (AvgIpc) is 3.42. The number of nitrogens with zero attached hydrogens (tertiary/aromatic N) is 3. The van der Waals surface area contributed by atoms with Gasteiger partial charge in [-0.3, -0.25) is 9.59 Å². The molecule has 7 heteroatoms. The maximum Gasteiger partial charge on any atom is 0.242 e. The van der Waals surface area contributed by atoms with E-state index in [1.54, 1.807) is 16.3 Å². The van der Waals surface area contributed by atoms with Gasteiger partial charge in [-0.25, -0.2) is 5.01 Å². The first-order chi connectivity index (χ1) is 13.6. The number of rotatable bonds is 6. The zero-order valence-electron chi connectivity index (χ0n) is 15.5. The van der Waals surface area contributed by atoms with Gasteiger partial charge in [0, 0.05) is 34.3 Å². The van der Waals surface area contributed by atoms with E-state index in [2.05, 4.69) is 32.5 Å². The van der Waals surface area contributed by atoms with Gasteiger partial charge < -0.3 is 4.90 Å². The molecule has 1 unspecified atom stereocenters. The molecule has 0 saturated carbocycles. The second-order valence-electron chi connectivity index (χ2n) is 7.11. The number of halogens is 1. The number of benzene rings is 1. The molecule has 3 heterocycles. The number of hydrazone groups is 1. The molecule has 0 aliphatic carbocycles. The third-order valence-corrected chi connectivity index (χ3v) is 6.66. The Hall–Kier alpha value is -1.99. The number of carbonyl (C=O) groups excluding carboxylic acids is 2. The van der Waals surface area contributed by atoms with Crippen molar-refractivity contribution in [3.8, 4) is 0 Å². The molecule has 0 bridgehead atoms. The first-order valence-electron chi connectivity index (χ1n) is 9.58. The molecule has 0 spiro atoms. The summed E-state index contributed by atoms with van der Waals surface area (Å²) in [5, 5.41) is 8.29. The number of amides is 2. The molecular formula is C21H22BrN3O2S. The highest BCUT2D eigenvalue weighted by atomic mass is 79.9. The number of carbonyl (C=O) groups is 2. The van der Waals surface area contributed by atoms with Crippen LogP contribution in [0, 0.1) is 0 Å². The summed E-state index contributed by atoms with van der Waals surface area (Å²) in [6.07, 6.45) is 3.65. The van der Waals surface area contributed by atoms with Crippen molar-refractivity contribution in [1.82, 2.24) is 9.91 Å². The van der Waals surface area contributed by atoms with Crippen LogP contribution in [0.1, 0.15) is 36.1 Å². The second-order valence-corrected chi connectivity index (χ2v) is 9.06. The number of aryl methyl sites for hydroxylation is 1. The van der Waals surface area contributed by atoms with E-state index >= 15 is 0 Å². The standard InChI is InChI=1S/C21H22BrN3O2S/c22-16-10-8-15(9-11-16)21-18(24-12-2-7-19(24)26)14-25(23-21)20(27)6-1-4-17-5-3-13-28-17/h3,5,8-11,13,18H,1-2,4,6-7,12,14H2. The summed E-state index contributed by atoms with van der Waals surface area (Å²) in [4.78, 5) is 28.3. The normalized spacial score (nSPS) is 19.4. The van der Waals surface area contributed by atoms with Crippen molar-refractivity contribution in [3.05, 3.63) is 56.7 Å². The monoisotopic (exact) mass is 459 g/mol. The average molecular weight is 460 g/mol. The van der Waals surface area contributed by atoms with Crippen molar-refractivity contribution in [1.29, 1.82) is 0 Å². The highest BCUT2D eigenvalue weighted by Gasteiger charge is 2.38. The lowest BCUT2D eigenvalue weighted by Crippen LogP contribution is -2.44. The summed E-state index contributed by atoms with van der Waals surface area (Å²) >= 11 is 5.18. The lowest BCUT2D eigenvalue weighted by molar-refractivity contribution is -0.133. The van der Waals surface area contributed by atoms with E-state index in [4.69, 9.17) is 0 Å². The van der Waals surface area contributed by atoms with E-state index in [0.29, 0.717) is 19.4 Å². The number of thiophene rings is 1. The van der Waals surface area contributed by atoms with Gasteiger partial charge in [-0.15, -0.1) is 11.3 Å². The lowest BCUT2D eigenvalue weighted by atomic mass is 10.0. The van der Waals surface area contributed by atoms with Crippen LogP contribution in [0.4, 0.5) is 0 Å². The van der Waals surface area contributed by atoms with Gasteiger partial charge in [-0.2, -0.15) is 5.10 Å². The van der Waals surface area contributed by atoms with Gasteiger partial charge in [0.2, 0.25) is 11.8 Å². The number of hydrogen-bond acceptors (Lipinski definition) is 4. The molecule has 1 aromatic heterocycles. The fourth-order valence-electron chi connectivity index (χ4n) is 3.76. The Balaban J connectivity index is 1.49. The van der Waals surface area contributed by atoms with E-state index in [0.717, 1.165) is 41.6 Å². The molecule has 0 radical (unpaired) electrons. The zero-order valence-corrected chi connectivity index (χ0v) is 17.9. The Labute approximate surface area is 177 Å². The SMILES string of the molecule is O=C(CCCc1cccs1)N1CC(N2CCCC2=O)C(c2ccc(Br)cc2)=N1. The Morgan fingerprint density at radius 3 is 2.75 bits per heavy atom. The van der Waals surface area contributed by atoms with Crippen LogP contribution in [0.15, 0.2) is 51.4 Å². The van der Waals surface area contributed by atoms with Gasteiger partial charge >= 0.3 is 0 Å². The molecule has 28 heavy (non-hydrogen) atoms. The van der Waals surface area contributed by atoms with Crippen LogP contribution in [0.2, 0.25) is 0 Å². The maximum absolute atomic E-state index is 12.8. The van der Waals surface area contributed by atoms with Crippen LogP contribution in [0.5, 0.6) is 0 Å². The molecule has 2 aromatic rings. The van der Waals surface area contributed by atoms with Crippen LogP contribution in [0.3, 0.4) is 0 Å². The predicted molar refractivity (Wildman–Crippen MR) is 114 cm³/mol. The third kappa shape index (κ3) is 4.20. The van der Waals surface area contributed by atoms with Gasteiger partial charge in [0.05, 0.1) is 18.3 Å². The molecular weight excluding hydrogens is 438 g/mol. The summed E-state index contributed by atoms with van der Waals surface area (Å²) in [5.74, 6) is 0.183. The van der Waals surface area contributed by atoms with E-state index in [1.165, 1.54) is 4.88 Å². The molecule has 1 fully saturated rings. The molecule has 4 rings (SSSR count). The third-order valence-electron chi connectivity index (χ3n) is 5.20. The minimum absolute atomic E-state index is 0.0281. The Bertz CT molecular complexity index is 880. The minimum atomic E-state index is -0.155. The highest BCUT2D eigenvalue weighted by molar-refractivity contribution is 9.10. The minimum Gasteiger partial charge on any atom is -0.332 e. The summed E-state index contributed by atoms with van der Waals surface area (Å²) in [6, 6.07) is 11.9. The molecule has 1 atom stereocenters. The summed E-state index contributed by atoms with van der Waals surface area (Å²) in [7, 11) is 0. The smallest absolute Gasteiger partial charge is 0.242 e. The predicted octanol–water partition coefficient (Wildman–Crippen LogP) is 4.07. The van der Waals surface area contributed by atoms with Crippen molar-refractivity contribution in [3.63, 3.8) is 0 Å². The van der Waals surface area contributed by atoms with Crippen molar-refractivity contribution in [2.75, 3.05) is 13.1 Å². The second kappa shape index (κ2) is 8.57. The summed E-state index contributed by atoms with van der Waals surface area (Å²) in [5.41, 5.74) is 1.77. The van der Waals surface area contributed by atoms with Crippen LogP contribution in [-0.2, 0) is 16.0 Å². The summed E-state index contributed by atoms with van der Waals surface area (Å²) < 4.78 is 0.991. The molecule has 5 nitrogen and oxygen atoms in total. The van der Waals surface area contributed by atoms with E-state index < -0.39 is 0 Å². The van der Waals surface area contributed by atoms with Crippen LogP contribution >= 0.6 is 27.3 Å². The van der Waals surface area contributed by atoms with Crippen molar-refractivity contribution >= 4 is 44.8 Å². The lowest BCUT2D eigenvalue weighted by Gasteiger charge is -2.25. The van der Waals surface area contributed by atoms with Gasteiger partial charge in [0.25, 0.3) is 0 Å². The highest BCUT2D eigenvalue weighted by Crippen LogP contribution is 2.25. The fourth-order valence-corrected chi connectivity index (χ4v) is 4.77. The van der Waals surface area contributed by atoms with Crippen LogP contribution < -0.4 is 0 Å². The van der Waals surface area contributed by atoms with Crippen molar-refractivity contribution in [2.45, 2.75) is 38.1 Å². The fraction of sp³-hybridized carbons (Fsp3) is 0.381. The largest absolute Gasteiger partial charge is 0.332 e. The van der Waals surface area contributed by atoms with Gasteiger partial charge in [0.1, 0.15) is 0 Å². The molecule has 0 N–H and O–H groups in total. The van der Waals surface area contributed by atoms with Crippen molar-refractivity contribution < 1.29 is 9.59 Å². The quantitative estimate of drug-likeness (QED) is 0.653. The zero-order chi connectivity index (χ0) is 19.5. The number of hydrogen-bond donors (Lipinski definition) is 0. The van der Waals surface area contributed by atoms with E-state index in [9.17, 15) is 9.59 Å². The molecule has 1 saturated heterocycles. The first-order valence-corrected chi connectivity index (χ1v) is 11.3. The topological polar surface area (TPSA) is 53.0 Å². The van der Waals surface area contributed by atoms with E-state index in [-0.39, 0.29) is 17.9 Å². The Morgan fingerprint density at radius 1 is 1.25 bits per heavy atom. The van der Waals surface area contributed by atoms with Crippen molar-refractivity contribution in [2.24, 2.45) is 5.10 Å². The molecule has 146 valence electrons. The Kier molecular flexibility index (Phi) is 5.92. The molecule has 2 amide bonds. The first kappa shape index (κ1) is 19.3. The van der Waals surface area contributed by atoms with Gasteiger partial charge in [-0.05, 0) is 42.8 Å². The van der Waals surface area contributed by atoms with E-state index in [1.807, 2.05) is 35.2 Å². The maximum atomic E-state index is 12.8. The van der Waals surface area contributed by atoms with Crippen LogP contribution in [0.25, 0.3) is 0 Å². The molecule has 1 aromatic carbocycles.